The molecule has 0 bridgehead atoms. The lowest BCUT2D eigenvalue weighted by Crippen LogP contribution is -2.68. The van der Waals surface area contributed by atoms with Gasteiger partial charge in [-0.1, -0.05) is 74.0 Å². The molecule has 120 heavy (non-hydrogen) atoms. The molecule has 8 aliphatic heterocycles. The highest BCUT2D eigenvalue weighted by molar-refractivity contribution is 5.79. The third kappa shape index (κ3) is 16.9. The first kappa shape index (κ1) is 94.4. The van der Waals surface area contributed by atoms with Gasteiger partial charge in [-0.2, -0.15) is 0 Å². The van der Waals surface area contributed by atoms with Crippen molar-refractivity contribution in [1.82, 2.24) is 0 Å². The zero-order valence-corrected chi connectivity index (χ0v) is 69.3. The first-order valence-corrected chi connectivity index (χ1v) is 42.1. The average molecular weight is 1730 g/mol. The van der Waals surface area contributed by atoms with Gasteiger partial charge in [0, 0.05) is 0 Å². The fourth-order valence-corrected chi connectivity index (χ4v) is 22.1. The highest BCUT2D eigenvalue weighted by Crippen LogP contribution is 2.76. The number of hydrogen-bond acceptors (Lipinski definition) is 39. The van der Waals surface area contributed by atoms with Gasteiger partial charge in [-0.3, -0.25) is 9.59 Å². The van der Waals surface area contributed by atoms with E-state index in [-0.39, 0.29) is 30.1 Å². The number of carboxylic acids is 1. The molecule has 40 nitrogen and oxygen atoms in total. The van der Waals surface area contributed by atoms with Crippen LogP contribution in [-0.4, -0.2) is 387 Å². The zero-order chi connectivity index (χ0) is 87.7. The summed E-state index contributed by atoms with van der Waals surface area (Å²) in [6, 6.07) is 0. The number of aliphatic hydroxyl groups excluding tert-OH is 18. The van der Waals surface area contributed by atoms with Crippen LogP contribution in [0.1, 0.15) is 147 Å². The number of fused-ring (bicyclic) bond motifs is 7. The van der Waals surface area contributed by atoms with Gasteiger partial charge < -0.3 is 183 Å². The monoisotopic (exact) mass is 1730 g/mol. The van der Waals surface area contributed by atoms with Gasteiger partial charge >= 0.3 is 17.9 Å². The van der Waals surface area contributed by atoms with Gasteiger partial charge in [0.25, 0.3) is 0 Å². The van der Waals surface area contributed by atoms with E-state index in [2.05, 4.69) is 40.7 Å². The van der Waals surface area contributed by atoms with E-state index in [0.717, 1.165) is 5.57 Å². The third-order valence-electron chi connectivity index (χ3n) is 29.9. The van der Waals surface area contributed by atoms with Crippen molar-refractivity contribution < 1.29 is 197 Å². The standard InChI is InChI=1S/C80H128O40/c1-12-30(2)64(101)112-55-32(4)108-70(61(59(55)117-68-49(93)45(89)43(87)37(24-81)109-68)119-67-51(95)47(91)54(31(3)107-67)113-66-53(97)56(36(85)27-105-66)114-72-62(98)80(103,28-83)29-106-72)120-73(102)79-21-19-74(5,6)23-34(79)33-13-14-40-76(9)17-16-41(75(7,8)39(76)15-18-78(40,11)77(33,10)20-22-79)111-71-60(118-69-50(94)46(90)44(88)38(25-82)110-69)57(52(96)58(116-71)63(99)100)115-65-48(92)42(86)35(84)26-104-65/h13,30-32,34-62,65-72,81-98,103H,12,14-29H2,1-11H3,(H,99,100)/t30-,31?,32?,34?,35+,36?,37?,38?,39?,40?,41-,42-,43+,44-,45-,46-,47+,48?,49?,50?,51?,52-,53-,54-,55+,56-,57-,58?,59?,60?,61+,62+,65-,66?,67-,68-,69-,70-,71+,72-,76-,77+,78+,79-,80?/m0/s1. The molecule has 13 aliphatic rings. The first-order chi connectivity index (χ1) is 56.3. The molecule has 40 heteroatoms. The number of ether oxygens (including phenoxy) is 17. The van der Waals surface area contributed by atoms with E-state index in [0.29, 0.717) is 57.8 Å². The molecule has 0 aromatic carbocycles. The second-order valence-electron chi connectivity index (χ2n) is 38.0. The van der Waals surface area contributed by atoms with Gasteiger partial charge in [-0.05, 0) is 129 Å². The Morgan fingerprint density at radius 3 is 1.62 bits per heavy atom. The Hall–Kier alpha value is -3.21. The molecule has 0 amide bonds. The Balaban J connectivity index is 0.787. The van der Waals surface area contributed by atoms with Gasteiger partial charge in [-0.15, -0.1) is 0 Å². The van der Waals surface area contributed by atoms with E-state index in [1.54, 1.807) is 13.8 Å². The van der Waals surface area contributed by atoms with Gasteiger partial charge in [0.1, 0.15) is 140 Å². The number of rotatable bonds is 23. The molecule has 13 rings (SSSR count). The molecule has 8 saturated heterocycles. The highest BCUT2D eigenvalue weighted by atomic mass is 16.8. The largest absolute Gasteiger partial charge is 0.479 e. The lowest BCUT2D eigenvalue weighted by atomic mass is 9.33. The van der Waals surface area contributed by atoms with E-state index < -0.39 is 323 Å². The van der Waals surface area contributed by atoms with Crippen LogP contribution in [0.15, 0.2) is 11.6 Å². The maximum absolute atomic E-state index is 16.5. The van der Waals surface area contributed by atoms with Crippen LogP contribution in [0.4, 0.5) is 0 Å². The van der Waals surface area contributed by atoms with Gasteiger partial charge in [0.2, 0.25) is 6.29 Å². The third-order valence-corrected chi connectivity index (χ3v) is 29.9. The normalized spacial score (nSPS) is 52.3. The summed E-state index contributed by atoms with van der Waals surface area (Å²) in [5.74, 6) is -4.59. The zero-order valence-electron chi connectivity index (χ0n) is 69.3. The number of carbonyl (C=O) groups is 3. The first-order valence-electron chi connectivity index (χ1n) is 42.1. The molecule has 0 radical (unpaired) electrons. The molecule has 45 atom stereocenters. The van der Waals surface area contributed by atoms with E-state index in [1.165, 1.54) is 13.8 Å². The summed E-state index contributed by atoms with van der Waals surface area (Å²) in [7, 11) is 0. The van der Waals surface area contributed by atoms with E-state index >= 15 is 4.79 Å². The molecule has 5 aliphatic carbocycles. The fourth-order valence-electron chi connectivity index (χ4n) is 22.1. The minimum Gasteiger partial charge on any atom is -0.479 e. The Kier molecular flexibility index (Phi) is 28.3. The maximum Gasteiger partial charge on any atom is 0.335 e. The van der Waals surface area contributed by atoms with E-state index in [4.69, 9.17) is 80.5 Å². The average Bonchev–Trinajstić information content (AvgIpc) is 0.701. The van der Waals surface area contributed by atoms with Crippen LogP contribution >= 0.6 is 0 Å². The van der Waals surface area contributed by atoms with Crippen molar-refractivity contribution in [2.24, 2.45) is 56.2 Å². The van der Waals surface area contributed by atoms with Crippen LogP contribution in [0.2, 0.25) is 0 Å². The summed E-state index contributed by atoms with van der Waals surface area (Å²) in [5, 5.41) is 220. The van der Waals surface area contributed by atoms with Gasteiger partial charge in [0.05, 0.1) is 69.3 Å². The lowest BCUT2D eigenvalue weighted by Gasteiger charge is -2.71. The van der Waals surface area contributed by atoms with Crippen LogP contribution in [0.3, 0.4) is 0 Å². The molecule has 0 spiro atoms. The van der Waals surface area contributed by atoms with E-state index in [9.17, 15) is 112 Å². The van der Waals surface area contributed by atoms with Crippen LogP contribution in [0, 0.1) is 56.2 Å². The Morgan fingerprint density at radius 2 is 1.02 bits per heavy atom. The summed E-state index contributed by atoms with van der Waals surface area (Å²) in [5.41, 5.74) is -5.06. The van der Waals surface area contributed by atoms with Crippen molar-refractivity contribution in [3.8, 4) is 0 Å². The quantitative estimate of drug-likeness (QED) is 0.0259. The predicted octanol–water partition coefficient (Wildman–Crippen LogP) is -5.08. The Labute approximate surface area is 693 Å². The SMILES string of the molecule is CC[C@H](C)C(=O)O[C@@H]1C(C)O[C@@H](OC(=O)[C@]23CCC(C)(C)CC2C2=CCC4[C@@]5(C)CC[C@H](O[C@@H]6OC(C(=O)O)[C@@H](O)[C@H](O[C@@H]7OC[C@@H](O)[C@H](O)C7O)C6O[C@@H]6OC(CO)[C@H](O)[C@H](O)C6O)C(C)(C)C5CC[C@@]4(C)[C@]2(C)CC3)[C@H](O[C@@H]2OC(C)[C@H](OC3OCC(O)[C@H](O[C@@H]4OCC(O)(CO)[C@@H]4O)[C@@H]3O)[C@H](O)C2O)C1O[C@@H]1OC(CO)[C@@H](O)[C@H](O)C1O. The molecule has 0 aromatic heterocycles. The molecule has 688 valence electrons. The van der Waals surface area contributed by atoms with Gasteiger partial charge in [0.15, 0.2) is 62.3 Å². The molecule has 0 aromatic rings. The van der Waals surface area contributed by atoms with Gasteiger partial charge in [-0.25, -0.2) is 4.79 Å². The minimum atomic E-state index is -2.17. The number of aliphatic hydroxyl groups is 19. The van der Waals surface area contributed by atoms with Crippen molar-refractivity contribution in [3.63, 3.8) is 0 Å². The van der Waals surface area contributed by atoms with Crippen molar-refractivity contribution in [3.05, 3.63) is 11.6 Å². The number of carbonyl (C=O) groups excluding carboxylic acids is 2. The van der Waals surface area contributed by atoms with Crippen molar-refractivity contribution in [2.45, 2.75) is 374 Å². The second-order valence-corrected chi connectivity index (χ2v) is 38.0. The molecular formula is C80H128O40. The highest BCUT2D eigenvalue weighted by Gasteiger charge is 2.72. The Morgan fingerprint density at radius 1 is 0.492 bits per heavy atom. The summed E-state index contributed by atoms with van der Waals surface area (Å²) < 4.78 is 105. The predicted molar refractivity (Wildman–Crippen MR) is 396 cm³/mol. The fraction of sp³-hybridized carbons (Fsp3) is 0.938. The summed E-state index contributed by atoms with van der Waals surface area (Å²) in [6.07, 6.45) is -57.5. The molecule has 12 fully saturated rings. The number of hydrogen-bond donors (Lipinski definition) is 20. The van der Waals surface area contributed by atoms with Crippen molar-refractivity contribution in [1.29, 1.82) is 0 Å². The summed E-state index contributed by atoms with van der Waals surface area (Å²) in [4.78, 5) is 43.7. The maximum atomic E-state index is 16.5. The van der Waals surface area contributed by atoms with E-state index in [1.807, 2.05) is 13.8 Å². The number of carboxylic acid groups (broad SMARTS) is 1. The summed E-state index contributed by atoms with van der Waals surface area (Å²) in [6.45, 7) is 17.0. The second kappa shape index (κ2) is 36.0. The van der Waals surface area contributed by atoms with Crippen LogP contribution in [0.25, 0.3) is 0 Å². The Bertz CT molecular complexity index is 3540. The smallest absolute Gasteiger partial charge is 0.335 e. The molecule has 4 saturated carbocycles. The lowest BCUT2D eigenvalue weighted by molar-refractivity contribution is -0.392. The van der Waals surface area contributed by atoms with Crippen LogP contribution < -0.4 is 0 Å². The van der Waals surface area contributed by atoms with Crippen molar-refractivity contribution in [2.75, 3.05) is 39.6 Å². The number of esters is 2. The number of aliphatic carboxylic acids is 1. The number of allylic oxidation sites excluding steroid dienone is 2. The topological polar surface area (TPSA) is 613 Å². The molecule has 20 N–H and O–H groups in total. The van der Waals surface area contributed by atoms with Crippen molar-refractivity contribution >= 4 is 17.9 Å². The molecule has 8 heterocycles. The van der Waals surface area contributed by atoms with Crippen LogP contribution in [0.5, 0.6) is 0 Å². The summed E-state index contributed by atoms with van der Waals surface area (Å²) >= 11 is 0. The molecular weight excluding hydrogens is 1600 g/mol. The van der Waals surface area contributed by atoms with Crippen LogP contribution in [-0.2, 0) is 94.9 Å². The molecule has 17 unspecified atom stereocenters. The minimum absolute atomic E-state index is 0.0280.